The fourth-order valence-electron chi connectivity index (χ4n) is 2.45. The van der Waals surface area contributed by atoms with Crippen molar-refractivity contribution in [3.63, 3.8) is 0 Å². The molecular formula is C16H13Br. The van der Waals surface area contributed by atoms with Crippen molar-refractivity contribution in [2.75, 3.05) is 0 Å². The third kappa shape index (κ3) is 1.85. The lowest BCUT2D eigenvalue weighted by atomic mass is 9.97. The van der Waals surface area contributed by atoms with Crippen molar-refractivity contribution in [3.8, 4) is 11.1 Å². The van der Waals surface area contributed by atoms with Crippen LogP contribution in [0, 0.1) is 0 Å². The molecule has 0 amide bonds. The van der Waals surface area contributed by atoms with Crippen molar-refractivity contribution in [3.05, 3.63) is 63.6 Å². The number of allylic oxidation sites excluding steroid dienone is 1. The zero-order valence-corrected chi connectivity index (χ0v) is 11.3. The van der Waals surface area contributed by atoms with E-state index in [1.54, 1.807) is 0 Å². The molecule has 84 valence electrons. The highest BCUT2D eigenvalue weighted by Crippen LogP contribution is 2.36. The van der Waals surface area contributed by atoms with E-state index in [-0.39, 0.29) is 0 Å². The molecule has 0 fully saturated rings. The quantitative estimate of drug-likeness (QED) is 0.685. The topological polar surface area (TPSA) is 0 Å². The zero-order chi connectivity index (χ0) is 11.8. The Morgan fingerprint density at radius 3 is 2.53 bits per heavy atom. The summed E-state index contributed by atoms with van der Waals surface area (Å²) >= 11 is 3.64. The molecule has 1 aliphatic carbocycles. The van der Waals surface area contributed by atoms with Gasteiger partial charge in [-0.2, -0.15) is 0 Å². The summed E-state index contributed by atoms with van der Waals surface area (Å²) < 4.78 is 1.16. The van der Waals surface area contributed by atoms with Gasteiger partial charge < -0.3 is 0 Å². The van der Waals surface area contributed by atoms with Crippen LogP contribution in [0.3, 0.4) is 0 Å². The summed E-state index contributed by atoms with van der Waals surface area (Å²) in [5.41, 5.74) is 6.87. The summed E-state index contributed by atoms with van der Waals surface area (Å²) in [6, 6.07) is 15.0. The number of halogens is 1. The Bertz CT molecular complexity index is 609. The molecule has 0 radical (unpaired) electrons. The smallest absolute Gasteiger partial charge is 0.0253 e. The van der Waals surface area contributed by atoms with Gasteiger partial charge in [-0.3, -0.25) is 0 Å². The van der Waals surface area contributed by atoms with Gasteiger partial charge in [0, 0.05) is 4.47 Å². The molecule has 3 rings (SSSR count). The number of benzene rings is 2. The van der Waals surface area contributed by atoms with Crippen LogP contribution >= 0.6 is 15.9 Å². The Morgan fingerprint density at radius 2 is 1.71 bits per heavy atom. The molecule has 0 saturated carbocycles. The predicted octanol–water partition coefficient (Wildman–Crippen LogP) is 5.08. The summed E-state index contributed by atoms with van der Waals surface area (Å²) in [5, 5.41) is 0. The standard InChI is InChI=1S/C16H13Br/c1-11-9-12-5-4-7-13(15(12)10-11)14-6-2-3-8-16(14)17/h2-8,10H,9H2,1H3. The maximum absolute atomic E-state index is 3.64. The minimum absolute atomic E-state index is 1.09. The number of hydrogen-bond acceptors (Lipinski definition) is 0. The van der Waals surface area contributed by atoms with Crippen molar-refractivity contribution >= 4 is 22.0 Å². The highest BCUT2D eigenvalue weighted by molar-refractivity contribution is 9.10. The van der Waals surface area contributed by atoms with Gasteiger partial charge in [-0.05, 0) is 41.7 Å². The first-order valence-corrected chi connectivity index (χ1v) is 6.59. The minimum atomic E-state index is 1.09. The Kier molecular flexibility index (Phi) is 2.64. The maximum Gasteiger partial charge on any atom is 0.0253 e. The van der Waals surface area contributed by atoms with Crippen LogP contribution in [0.15, 0.2) is 52.5 Å². The van der Waals surface area contributed by atoms with Gasteiger partial charge in [0.05, 0.1) is 0 Å². The third-order valence-electron chi connectivity index (χ3n) is 3.22. The Balaban J connectivity index is 2.24. The largest absolute Gasteiger partial charge is 0.0683 e. The fraction of sp³-hybridized carbons (Fsp3) is 0.125. The van der Waals surface area contributed by atoms with Gasteiger partial charge in [0.15, 0.2) is 0 Å². The number of rotatable bonds is 1. The lowest BCUT2D eigenvalue weighted by Crippen LogP contribution is -1.87. The van der Waals surface area contributed by atoms with E-state index < -0.39 is 0 Å². The van der Waals surface area contributed by atoms with Gasteiger partial charge in [0.1, 0.15) is 0 Å². The molecule has 0 saturated heterocycles. The molecule has 0 atom stereocenters. The van der Waals surface area contributed by atoms with Crippen LogP contribution < -0.4 is 0 Å². The van der Waals surface area contributed by atoms with Crippen LogP contribution in [0.1, 0.15) is 18.1 Å². The molecule has 0 nitrogen and oxygen atoms in total. The molecule has 17 heavy (non-hydrogen) atoms. The molecule has 0 N–H and O–H groups in total. The number of hydrogen-bond donors (Lipinski definition) is 0. The zero-order valence-electron chi connectivity index (χ0n) is 9.70. The second-order valence-corrected chi connectivity index (χ2v) is 5.38. The van der Waals surface area contributed by atoms with Crippen LogP contribution in [0.2, 0.25) is 0 Å². The molecule has 1 heteroatoms. The van der Waals surface area contributed by atoms with Gasteiger partial charge in [0.25, 0.3) is 0 Å². The molecule has 0 aliphatic heterocycles. The highest BCUT2D eigenvalue weighted by Gasteiger charge is 2.15. The SMILES string of the molecule is CC1=Cc2c(cccc2-c2ccccc2Br)C1. The molecule has 0 aromatic heterocycles. The van der Waals surface area contributed by atoms with E-state index in [4.69, 9.17) is 0 Å². The van der Waals surface area contributed by atoms with E-state index >= 15 is 0 Å². The van der Waals surface area contributed by atoms with Gasteiger partial charge in [-0.1, -0.05) is 64.0 Å². The second-order valence-electron chi connectivity index (χ2n) is 4.53. The van der Waals surface area contributed by atoms with Gasteiger partial charge in [0.2, 0.25) is 0 Å². The number of fused-ring (bicyclic) bond motifs is 1. The Morgan fingerprint density at radius 1 is 0.941 bits per heavy atom. The summed E-state index contributed by atoms with van der Waals surface area (Å²) in [4.78, 5) is 0. The molecule has 2 aromatic carbocycles. The lowest BCUT2D eigenvalue weighted by molar-refractivity contribution is 1.20. The summed E-state index contributed by atoms with van der Waals surface area (Å²) in [7, 11) is 0. The van der Waals surface area contributed by atoms with E-state index in [1.807, 2.05) is 0 Å². The van der Waals surface area contributed by atoms with Crippen molar-refractivity contribution < 1.29 is 0 Å². The van der Waals surface area contributed by atoms with Crippen LogP contribution in [0.25, 0.3) is 17.2 Å². The van der Waals surface area contributed by atoms with Crippen molar-refractivity contribution in [2.45, 2.75) is 13.3 Å². The summed E-state index contributed by atoms with van der Waals surface area (Å²) in [6.45, 7) is 2.20. The molecule has 0 unspecified atom stereocenters. The molecule has 0 heterocycles. The highest BCUT2D eigenvalue weighted by atomic mass is 79.9. The second kappa shape index (κ2) is 4.15. The van der Waals surface area contributed by atoms with Crippen molar-refractivity contribution in [1.82, 2.24) is 0 Å². The van der Waals surface area contributed by atoms with Gasteiger partial charge in [-0.15, -0.1) is 0 Å². The van der Waals surface area contributed by atoms with Crippen LogP contribution in [0.4, 0.5) is 0 Å². The Hall–Kier alpha value is -1.34. The molecule has 0 bridgehead atoms. The van der Waals surface area contributed by atoms with Crippen molar-refractivity contribution in [2.24, 2.45) is 0 Å². The van der Waals surface area contributed by atoms with E-state index in [0.717, 1.165) is 10.9 Å². The third-order valence-corrected chi connectivity index (χ3v) is 3.91. The summed E-state index contributed by atoms with van der Waals surface area (Å²) in [5.74, 6) is 0. The molecule has 0 spiro atoms. The predicted molar refractivity (Wildman–Crippen MR) is 76.9 cm³/mol. The normalized spacial score (nSPS) is 13.4. The van der Waals surface area contributed by atoms with E-state index in [9.17, 15) is 0 Å². The first-order chi connectivity index (χ1) is 8.25. The van der Waals surface area contributed by atoms with E-state index in [0.29, 0.717) is 0 Å². The van der Waals surface area contributed by atoms with Crippen molar-refractivity contribution in [1.29, 1.82) is 0 Å². The average molecular weight is 285 g/mol. The first-order valence-electron chi connectivity index (χ1n) is 5.79. The minimum Gasteiger partial charge on any atom is -0.0683 e. The van der Waals surface area contributed by atoms with Crippen LogP contribution in [0.5, 0.6) is 0 Å². The fourth-order valence-corrected chi connectivity index (χ4v) is 2.95. The van der Waals surface area contributed by atoms with E-state index in [2.05, 4.69) is 71.4 Å². The maximum atomic E-state index is 3.64. The Labute approximate surface area is 110 Å². The lowest BCUT2D eigenvalue weighted by Gasteiger charge is -2.09. The molecule has 2 aromatic rings. The monoisotopic (exact) mass is 284 g/mol. The van der Waals surface area contributed by atoms with E-state index in [1.165, 1.54) is 27.8 Å². The average Bonchev–Trinajstić information content (AvgIpc) is 2.70. The first kappa shape index (κ1) is 10.8. The van der Waals surface area contributed by atoms with Gasteiger partial charge in [-0.25, -0.2) is 0 Å². The van der Waals surface area contributed by atoms with Gasteiger partial charge >= 0.3 is 0 Å². The summed E-state index contributed by atoms with van der Waals surface area (Å²) in [6.07, 6.45) is 3.40. The van der Waals surface area contributed by atoms with Crippen LogP contribution in [-0.4, -0.2) is 0 Å². The van der Waals surface area contributed by atoms with Crippen LogP contribution in [-0.2, 0) is 6.42 Å². The molecule has 1 aliphatic rings. The molecular weight excluding hydrogens is 272 g/mol.